The Balaban J connectivity index is 2.19. The summed E-state index contributed by atoms with van der Waals surface area (Å²) in [6.45, 7) is -0.0976. The minimum Gasteiger partial charge on any atom is -0.477 e. The Hall–Kier alpha value is -2.22. The lowest BCUT2D eigenvalue weighted by Crippen LogP contribution is -2.13. The maximum atomic E-state index is 12.2. The van der Waals surface area contributed by atoms with Gasteiger partial charge >= 0.3 is 0 Å². The van der Waals surface area contributed by atoms with Crippen LogP contribution in [0.3, 0.4) is 0 Å². The van der Waals surface area contributed by atoms with Crippen molar-refractivity contribution >= 4 is 34.8 Å². The van der Waals surface area contributed by atoms with Crippen LogP contribution in [0.15, 0.2) is 42.5 Å². The molecule has 21 heavy (non-hydrogen) atoms. The normalized spacial score (nSPS) is 9.76. The topological polar surface area (TPSA) is 62.1 Å². The third kappa shape index (κ3) is 3.88. The lowest BCUT2D eigenvalue weighted by atomic mass is 10.2. The third-order valence-electron chi connectivity index (χ3n) is 2.61. The Morgan fingerprint density at radius 3 is 2.67 bits per heavy atom. The van der Waals surface area contributed by atoms with E-state index < -0.39 is 0 Å². The molecule has 1 amide bonds. The van der Waals surface area contributed by atoms with Crippen molar-refractivity contribution in [2.24, 2.45) is 0 Å². The van der Waals surface area contributed by atoms with E-state index in [0.29, 0.717) is 27.0 Å². The maximum absolute atomic E-state index is 12.2. The van der Waals surface area contributed by atoms with Crippen LogP contribution >= 0.6 is 23.2 Å². The van der Waals surface area contributed by atoms with Crippen LogP contribution in [0.1, 0.15) is 10.4 Å². The molecule has 0 aliphatic heterocycles. The van der Waals surface area contributed by atoms with E-state index in [1.165, 1.54) is 6.07 Å². The first-order chi connectivity index (χ1) is 10.1. The number of carbonyl (C=O) groups excluding carboxylic acids is 1. The molecule has 4 nitrogen and oxygen atoms in total. The number of benzene rings is 2. The molecule has 0 unspecified atom stereocenters. The van der Waals surface area contributed by atoms with E-state index in [-0.39, 0.29) is 12.5 Å². The number of halogens is 2. The van der Waals surface area contributed by atoms with Gasteiger partial charge in [-0.2, -0.15) is 5.26 Å². The zero-order chi connectivity index (χ0) is 15.2. The second-order valence-electron chi connectivity index (χ2n) is 4.03. The summed E-state index contributed by atoms with van der Waals surface area (Å²) in [4.78, 5) is 12.2. The van der Waals surface area contributed by atoms with E-state index in [1.807, 2.05) is 6.07 Å². The van der Waals surface area contributed by atoms with E-state index in [9.17, 15) is 4.79 Å². The highest BCUT2D eigenvalue weighted by molar-refractivity contribution is 6.42. The maximum Gasteiger partial charge on any atom is 0.255 e. The van der Waals surface area contributed by atoms with Gasteiger partial charge in [0.15, 0.2) is 6.61 Å². The number of carbonyl (C=O) groups is 1. The highest BCUT2D eigenvalue weighted by Crippen LogP contribution is 2.26. The molecule has 0 radical (unpaired) electrons. The predicted octanol–water partition coefficient (Wildman–Crippen LogP) is 4.15. The van der Waals surface area contributed by atoms with Crippen LogP contribution in [0.4, 0.5) is 5.69 Å². The van der Waals surface area contributed by atoms with Gasteiger partial charge in [0.05, 0.1) is 15.7 Å². The van der Waals surface area contributed by atoms with E-state index in [4.69, 9.17) is 33.2 Å². The van der Waals surface area contributed by atoms with Crippen LogP contribution in [0, 0.1) is 11.3 Å². The highest BCUT2D eigenvalue weighted by atomic mass is 35.5. The van der Waals surface area contributed by atoms with Crippen molar-refractivity contribution in [2.75, 3.05) is 11.9 Å². The smallest absolute Gasteiger partial charge is 0.255 e. The first-order valence-corrected chi connectivity index (χ1v) is 6.72. The van der Waals surface area contributed by atoms with Gasteiger partial charge in [0.2, 0.25) is 0 Å². The molecular weight excluding hydrogens is 311 g/mol. The fourth-order valence-electron chi connectivity index (χ4n) is 1.64. The molecule has 0 aliphatic rings. The predicted molar refractivity (Wildman–Crippen MR) is 82.0 cm³/mol. The van der Waals surface area contributed by atoms with Gasteiger partial charge in [-0.05, 0) is 30.3 Å². The lowest BCUT2D eigenvalue weighted by Gasteiger charge is -2.11. The quantitative estimate of drug-likeness (QED) is 0.920. The summed E-state index contributed by atoms with van der Waals surface area (Å²) in [7, 11) is 0. The van der Waals surface area contributed by atoms with Gasteiger partial charge in [0, 0.05) is 5.56 Å². The average Bonchev–Trinajstić information content (AvgIpc) is 2.49. The Morgan fingerprint density at radius 1 is 1.19 bits per heavy atom. The van der Waals surface area contributed by atoms with Gasteiger partial charge in [-0.25, -0.2) is 0 Å². The number of nitrogens with one attached hydrogen (secondary N) is 1. The molecule has 2 rings (SSSR count). The zero-order valence-corrected chi connectivity index (χ0v) is 12.3. The Labute approximate surface area is 131 Å². The Morgan fingerprint density at radius 2 is 1.95 bits per heavy atom. The molecular formula is C15H10Cl2N2O2. The fraction of sp³-hybridized carbons (Fsp3) is 0.0667. The zero-order valence-electron chi connectivity index (χ0n) is 10.8. The van der Waals surface area contributed by atoms with Crippen LogP contribution in [0.5, 0.6) is 5.75 Å². The van der Waals surface area contributed by atoms with Gasteiger partial charge in [0.1, 0.15) is 11.8 Å². The van der Waals surface area contributed by atoms with Gasteiger partial charge < -0.3 is 10.1 Å². The van der Waals surface area contributed by atoms with Crippen molar-refractivity contribution in [1.82, 2.24) is 0 Å². The summed E-state index contributed by atoms with van der Waals surface area (Å²) in [5, 5.41) is 11.9. The molecule has 0 saturated heterocycles. The SMILES string of the molecule is N#CCOc1ccccc1NC(=O)c1ccc(Cl)c(Cl)c1. The van der Waals surface area contributed by atoms with Crippen molar-refractivity contribution in [3.8, 4) is 11.8 Å². The fourth-order valence-corrected chi connectivity index (χ4v) is 1.94. The van der Waals surface area contributed by atoms with Gasteiger partial charge in [-0.3, -0.25) is 4.79 Å². The standard InChI is InChI=1S/C15H10Cl2N2O2/c16-11-6-5-10(9-12(11)17)15(20)19-13-3-1-2-4-14(13)21-8-7-18/h1-6,9H,8H2,(H,19,20). The molecule has 0 saturated carbocycles. The van der Waals surface area contributed by atoms with Gasteiger partial charge in [-0.15, -0.1) is 0 Å². The molecule has 106 valence electrons. The molecule has 0 aromatic heterocycles. The van der Waals surface area contributed by atoms with E-state index in [2.05, 4.69) is 5.32 Å². The number of amides is 1. The van der Waals surface area contributed by atoms with Crippen molar-refractivity contribution in [3.63, 3.8) is 0 Å². The summed E-state index contributed by atoms with van der Waals surface area (Å²) in [5.74, 6) is 0.0778. The number of nitriles is 1. The average molecular weight is 321 g/mol. The number of hydrogen-bond acceptors (Lipinski definition) is 3. The lowest BCUT2D eigenvalue weighted by molar-refractivity contribution is 0.102. The minimum absolute atomic E-state index is 0.0976. The second kappa shape index (κ2) is 6.98. The first-order valence-electron chi connectivity index (χ1n) is 5.97. The summed E-state index contributed by atoms with van der Waals surface area (Å²) < 4.78 is 5.24. The van der Waals surface area contributed by atoms with Crippen LogP contribution in [-0.4, -0.2) is 12.5 Å². The second-order valence-corrected chi connectivity index (χ2v) is 4.84. The molecule has 1 N–H and O–H groups in total. The van der Waals surface area contributed by atoms with E-state index in [0.717, 1.165) is 0 Å². The summed E-state index contributed by atoms with van der Waals surface area (Å²) in [6.07, 6.45) is 0. The molecule has 0 atom stereocenters. The first kappa shape index (κ1) is 15.2. The Bertz CT molecular complexity index is 711. The van der Waals surface area contributed by atoms with Crippen molar-refractivity contribution in [3.05, 3.63) is 58.1 Å². The molecule has 0 heterocycles. The van der Waals surface area contributed by atoms with Crippen LogP contribution in [0.25, 0.3) is 0 Å². The van der Waals surface area contributed by atoms with Crippen LogP contribution < -0.4 is 10.1 Å². The third-order valence-corrected chi connectivity index (χ3v) is 3.35. The largest absolute Gasteiger partial charge is 0.477 e. The number of para-hydroxylation sites is 2. The van der Waals surface area contributed by atoms with Crippen molar-refractivity contribution in [1.29, 1.82) is 5.26 Å². The number of ether oxygens (including phenoxy) is 1. The number of hydrogen-bond donors (Lipinski definition) is 1. The number of nitrogens with zero attached hydrogens (tertiary/aromatic N) is 1. The van der Waals surface area contributed by atoms with Crippen LogP contribution in [-0.2, 0) is 0 Å². The molecule has 0 aliphatic carbocycles. The van der Waals surface area contributed by atoms with E-state index >= 15 is 0 Å². The monoisotopic (exact) mass is 320 g/mol. The van der Waals surface area contributed by atoms with Crippen LogP contribution in [0.2, 0.25) is 10.0 Å². The molecule has 2 aromatic carbocycles. The molecule has 2 aromatic rings. The van der Waals surface area contributed by atoms with Gasteiger partial charge in [-0.1, -0.05) is 35.3 Å². The van der Waals surface area contributed by atoms with Gasteiger partial charge in [0.25, 0.3) is 5.91 Å². The van der Waals surface area contributed by atoms with Crippen molar-refractivity contribution < 1.29 is 9.53 Å². The summed E-state index contributed by atoms with van der Waals surface area (Å²) in [6, 6.07) is 13.3. The molecule has 6 heteroatoms. The minimum atomic E-state index is -0.346. The molecule has 0 bridgehead atoms. The number of anilines is 1. The van der Waals surface area contributed by atoms with Crippen molar-refractivity contribution in [2.45, 2.75) is 0 Å². The number of rotatable bonds is 4. The molecule has 0 fully saturated rings. The van der Waals surface area contributed by atoms with E-state index in [1.54, 1.807) is 36.4 Å². The summed E-state index contributed by atoms with van der Waals surface area (Å²) >= 11 is 11.7. The Kier molecular flexibility index (Phi) is 5.04. The molecule has 0 spiro atoms. The summed E-state index contributed by atoms with van der Waals surface area (Å²) in [5.41, 5.74) is 0.850. The highest BCUT2D eigenvalue weighted by Gasteiger charge is 2.11.